The number of carbonyl (C=O) groups is 2. The number of carbonyl (C=O) groups excluding carboxylic acids is 2. The molecular weight excluding hydrogens is 430 g/mol. The number of hydrogen-bond acceptors (Lipinski definition) is 5. The molecule has 7 heteroatoms. The van der Waals surface area contributed by atoms with E-state index < -0.39 is 17.7 Å². The molecule has 1 atom stereocenters. The van der Waals surface area contributed by atoms with Crippen molar-refractivity contribution in [2.45, 2.75) is 12.5 Å². The molecular formula is C27H23N3O4. The van der Waals surface area contributed by atoms with Gasteiger partial charge in [0.15, 0.2) is 0 Å². The van der Waals surface area contributed by atoms with E-state index in [1.54, 1.807) is 55.8 Å². The van der Waals surface area contributed by atoms with Crippen molar-refractivity contribution in [3.63, 3.8) is 0 Å². The van der Waals surface area contributed by atoms with Crippen LogP contribution in [0.25, 0.3) is 16.7 Å². The monoisotopic (exact) mass is 453 g/mol. The molecule has 5 rings (SSSR count). The standard InChI is InChI=1S/C27H23N3O4/c1-34-19-11-9-17(10-12-19)25(31)23-24(22-8-4-5-14-28-22)30(27(33)26(23)32)15-13-18-16-29-21-7-3-2-6-20(18)21/h2-12,14,16,24,29,31H,13,15H2,1H3/b25-23-. The van der Waals surface area contributed by atoms with Crippen molar-refractivity contribution in [3.05, 3.63) is 102 Å². The van der Waals surface area contributed by atoms with Crippen molar-refractivity contribution in [1.29, 1.82) is 0 Å². The molecule has 2 aromatic heterocycles. The number of Topliss-reactive ketones (excluding diaryl/α,β-unsaturated/α-hetero) is 1. The van der Waals surface area contributed by atoms with Crippen LogP contribution in [-0.2, 0) is 16.0 Å². The molecule has 2 aromatic carbocycles. The summed E-state index contributed by atoms with van der Waals surface area (Å²) in [7, 11) is 1.55. The van der Waals surface area contributed by atoms with Gasteiger partial charge in [0.25, 0.3) is 11.7 Å². The second-order valence-electron chi connectivity index (χ2n) is 8.09. The highest BCUT2D eigenvalue weighted by molar-refractivity contribution is 6.46. The van der Waals surface area contributed by atoms with Crippen LogP contribution in [0, 0.1) is 0 Å². The number of fused-ring (bicyclic) bond motifs is 1. The van der Waals surface area contributed by atoms with Crippen LogP contribution in [0.1, 0.15) is 22.9 Å². The van der Waals surface area contributed by atoms with Gasteiger partial charge in [0.2, 0.25) is 0 Å². The van der Waals surface area contributed by atoms with Gasteiger partial charge in [-0.05, 0) is 54.4 Å². The number of aliphatic hydroxyl groups excluding tert-OH is 1. The van der Waals surface area contributed by atoms with E-state index in [1.807, 2.05) is 30.5 Å². The number of aliphatic hydroxyl groups is 1. The van der Waals surface area contributed by atoms with Crippen molar-refractivity contribution in [2.24, 2.45) is 0 Å². The van der Waals surface area contributed by atoms with Crippen molar-refractivity contribution >= 4 is 28.4 Å². The minimum Gasteiger partial charge on any atom is -0.507 e. The number of nitrogens with zero attached hydrogens (tertiary/aromatic N) is 2. The highest BCUT2D eigenvalue weighted by atomic mass is 16.5. The second-order valence-corrected chi connectivity index (χ2v) is 8.09. The Labute approximate surface area is 196 Å². The number of benzene rings is 2. The average molecular weight is 453 g/mol. The van der Waals surface area contributed by atoms with Crippen LogP contribution in [0.15, 0.2) is 84.7 Å². The lowest BCUT2D eigenvalue weighted by Gasteiger charge is -2.24. The van der Waals surface area contributed by atoms with Crippen molar-refractivity contribution in [3.8, 4) is 5.75 Å². The SMILES string of the molecule is COc1ccc(/C(O)=C2/C(=O)C(=O)N(CCc3c[nH]c4ccccc34)C2c2ccccn2)cc1. The highest BCUT2D eigenvalue weighted by Crippen LogP contribution is 2.39. The predicted molar refractivity (Wildman–Crippen MR) is 128 cm³/mol. The van der Waals surface area contributed by atoms with Crippen LogP contribution < -0.4 is 4.74 Å². The first-order chi connectivity index (χ1) is 16.6. The lowest BCUT2D eigenvalue weighted by Crippen LogP contribution is -2.32. The maximum atomic E-state index is 13.1. The Morgan fingerprint density at radius 2 is 1.82 bits per heavy atom. The molecule has 1 saturated heterocycles. The molecule has 4 aromatic rings. The fourth-order valence-electron chi connectivity index (χ4n) is 4.44. The summed E-state index contributed by atoms with van der Waals surface area (Å²) in [6.45, 7) is 0.299. The van der Waals surface area contributed by atoms with Crippen LogP contribution in [0.5, 0.6) is 5.75 Å². The number of rotatable bonds is 6. The normalized spacial score (nSPS) is 17.4. The van der Waals surface area contributed by atoms with Gasteiger partial charge in [0.1, 0.15) is 17.6 Å². The van der Waals surface area contributed by atoms with E-state index in [9.17, 15) is 14.7 Å². The molecule has 34 heavy (non-hydrogen) atoms. The van der Waals surface area contributed by atoms with Gasteiger partial charge in [0, 0.05) is 35.4 Å². The summed E-state index contributed by atoms with van der Waals surface area (Å²) in [6, 6.07) is 19.2. The summed E-state index contributed by atoms with van der Waals surface area (Å²) < 4.78 is 5.18. The molecule has 0 radical (unpaired) electrons. The Morgan fingerprint density at radius 1 is 1.06 bits per heavy atom. The Hall–Kier alpha value is -4.39. The zero-order chi connectivity index (χ0) is 23.7. The predicted octanol–water partition coefficient (Wildman–Crippen LogP) is 4.24. The topological polar surface area (TPSA) is 95.5 Å². The van der Waals surface area contributed by atoms with Gasteiger partial charge < -0.3 is 19.7 Å². The third-order valence-corrected chi connectivity index (χ3v) is 6.17. The van der Waals surface area contributed by atoms with Gasteiger partial charge >= 0.3 is 0 Å². The summed E-state index contributed by atoms with van der Waals surface area (Å²) in [5.41, 5.74) is 3.05. The number of methoxy groups -OCH3 is 1. The van der Waals surface area contributed by atoms with E-state index in [4.69, 9.17) is 4.74 Å². The van der Waals surface area contributed by atoms with E-state index in [1.165, 1.54) is 4.90 Å². The number of aromatic amines is 1. The lowest BCUT2D eigenvalue weighted by molar-refractivity contribution is -0.139. The smallest absolute Gasteiger partial charge is 0.295 e. The van der Waals surface area contributed by atoms with Crippen LogP contribution in [0.2, 0.25) is 0 Å². The number of likely N-dealkylation sites (tertiary alicyclic amines) is 1. The molecule has 1 aliphatic heterocycles. The Kier molecular flexibility index (Phi) is 5.59. The van der Waals surface area contributed by atoms with Crippen LogP contribution in [0.3, 0.4) is 0 Å². The first-order valence-electron chi connectivity index (χ1n) is 11.0. The number of ketones is 1. The number of nitrogens with one attached hydrogen (secondary N) is 1. The van der Waals surface area contributed by atoms with Crippen LogP contribution in [-0.4, -0.2) is 45.3 Å². The summed E-state index contributed by atoms with van der Waals surface area (Å²) in [4.78, 5) is 35.4. The van der Waals surface area contributed by atoms with E-state index in [-0.39, 0.29) is 11.3 Å². The maximum absolute atomic E-state index is 13.1. The summed E-state index contributed by atoms with van der Waals surface area (Å²) >= 11 is 0. The molecule has 7 nitrogen and oxygen atoms in total. The highest BCUT2D eigenvalue weighted by Gasteiger charge is 2.46. The van der Waals surface area contributed by atoms with Gasteiger partial charge in [-0.2, -0.15) is 0 Å². The van der Waals surface area contributed by atoms with Crippen molar-refractivity contribution in [1.82, 2.24) is 14.9 Å². The van der Waals surface area contributed by atoms with Gasteiger partial charge in [-0.3, -0.25) is 14.6 Å². The third kappa shape index (κ3) is 3.71. The quantitative estimate of drug-likeness (QED) is 0.259. The van der Waals surface area contributed by atoms with Crippen molar-refractivity contribution < 1.29 is 19.4 Å². The fourth-order valence-corrected chi connectivity index (χ4v) is 4.44. The van der Waals surface area contributed by atoms with Gasteiger partial charge in [-0.15, -0.1) is 0 Å². The molecule has 1 aliphatic rings. The number of pyridine rings is 1. The third-order valence-electron chi connectivity index (χ3n) is 6.17. The Morgan fingerprint density at radius 3 is 2.56 bits per heavy atom. The largest absolute Gasteiger partial charge is 0.507 e. The summed E-state index contributed by atoms with van der Waals surface area (Å²) in [6.07, 6.45) is 4.08. The number of ether oxygens (including phenoxy) is 1. The molecule has 1 fully saturated rings. The molecule has 2 N–H and O–H groups in total. The van der Waals surface area contributed by atoms with Crippen LogP contribution >= 0.6 is 0 Å². The van der Waals surface area contributed by atoms with Crippen LogP contribution in [0.4, 0.5) is 0 Å². The zero-order valence-electron chi connectivity index (χ0n) is 18.6. The van der Waals surface area contributed by atoms with E-state index >= 15 is 0 Å². The molecule has 3 heterocycles. The Bertz CT molecular complexity index is 1390. The van der Waals surface area contributed by atoms with E-state index in [0.29, 0.717) is 30.0 Å². The van der Waals surface area contributed by atoms with Gasteiger partial charge in [-0.25, -0.2) is 0 Å². The van der Waals surface area contributed by atoms with E-state index in [0.717, 1.165) is 16.5 Å². The van der Waals surface area contributed by atoms with E-state index in [2.05, 4.69) is 9.97 Å². The zero-order valence-corrected chi connectivity index (χ0v) is 18.6. The summed E-state index contributed by atoms with van der Waals surface area (Å²) in [5, 5.41) is 12.2. The first-order valence-corrected chi connectivity index (χ1v) is 11.0. The second kappa shape index (κ2) is 8.86. The maximum Gasteiger partial charge on any atom is 0.295 e. The molecule has 0 spiro atoms. The lowest BCUT2D eigenvalue weighted by atomic mass is 9.98. The molecule has 170 valence electrons. The molecule has 0 saturated carbocycles. The number of aromatic nitrogens is 2. The first kappa shape index (κ1) is 21.5. The number of H-pyrrole nitrogens is 1. The number of hydrogen-bond donors (Lipinski definition) is 2. The fraction of sp³-hybridized carbons (Fsp3) is 0.148. The minimum absolute atomic E-state index is 0.0350. The van der Waals surface area contributed by atoms with Gasteiger partial charge in [-0.1, -0.05) is 24.3 Å². The molecule has 1 unspecified atom stereocenters. The number of para-hydroxylation sites is 1. The molecule has 0 bridgehead atoms. The molecule has 1 amide bonds. The van der Waals surface area contributed by atoms with Gasteiger partial charge in [0.05, 0.1) is 18.4 Å². The summed E-state index contributed by atoms with van der Waals surface area (Å²) in [5.74, 6) is -0.975. The average Bonchev–Trinajstić information content (AvgIpc) is 3.41. The number of amides is 1. The minimum atomic E-state index is -0.784. The molecule has 0 aliphatic carbocycles. The van der Waals surface area contributed by atoms with Crippen molar-refractivity contribution in [2.75, 3.05) is 13.7 Å². The Balaban J connectivity index is 1.54.